The lowest BCUT2D eigenvalue weighted by Gasteiger charge is -1.99. The van der Waals surface area contributed by atoms with Gasteiger partial charge >= 0.3 is 0 Å². The van der Waals surface area contributed by atoms with Crippen molar-refractivity contribution in [3.05, 3.63) is 0 Å². The highest BCUT2D eigenvalue weighted by molar-refractivity contribution is 9.09. The number of aliphatic hydroxyl groups is 1. The van der Waals surface area contributed by atoms with Crippen molar-refractivity contribution in [3.8, 4) is 0 Å². The Morgan fingerprint density at radius 1 is 1.00 bits per heavy atom. The predicted octanol–water partition coefficient (Wildman–Crippen LogP) is 2.67. The van der Waals surface area contributed by atoms with Crippen LogP contribution < -0.4 is 0 Å². The highest BCUT2D eigenvalue weighted by Gasteiger charge is 1.98. The van der Waals surface area contributed by atoms with E-state index in [1.54, 1.807) is 0 Å². The molecule has 0 spiro atoms. The van der Waals surface area contributed by atoms with E-state index >= 15 is 0 Å². The lowest BCUT2D eigenvalue weighted by molar-refractivity contribution is -0.121. The molecule has 0 saturated heterocycles. The van der Waals surface area contributed by atoms with Gasteiger partial charge in [0.25, 0.3) is 0 Å². The summed E-state index contributed by atoms with van der Waals surface area (Å²) in [6, 6.07) is 0. The molecule has 0 aliphatic heterocycles. The minimum Gasteiger partial charge on any atom is -0.389 e. The molecule has 0 saturated carbocycles. The van der Waals surface area contributed by atoms with Crippen molar-refractivity contribution in [2.75, 3.05) is 11.9 Å². The van der Waals surface area contributed by atoms with E-state index in [0.717, 1.165) is 18.2 Å². The van der Waals surface area contributed by atoms with Crippen LogP contribution in [0, 0.1) is 0 Å². The molecule has 0 rings (SSSR count). The predicted molar refractivity (Wildman–Crippen MR) is 58.2 cm³/mol. The maximum atomic E-state index is 10.7. The molecule has 0 aliphatic rings. The zero-order valence-corrected chi connectivity index (χ0v) is 9.68. The summed E-state index contributed by atoms with van der Waals surface area (Å²) in [5.41, 5.74) is 0. The standard InChI is InChI=1S/C10H19BrO2/c11-8-6-4-2-1-3-5-7-10(13)9-12/h12H,1-9H2. The Balaban J connectivity index is 2.95. The van der Waals surface area contributed by atoms with Gasteiger partial charge in [0.2, 0.25) is 0 Å². The van der Waals surface area contributed by atoms with E-state index in [4.69, 9.17) is 5.11 Å². The van der Waals surface area contributed by atoms with E-state index in [9.17, 15) is 4.79 Å². The molecule has 0 unspecified atom stereocenters. The molecular formula is C10H19BrO2. The Morgan fingerprint density at radius 2 is 1.54 bits per heavy atom. The summed E-state index contributed by atoms with van der Waals surface area (Å²) in [7, 11) is 0. The number of ketones is 1. The monoisotopic (exact) mass is 250 g/mol. The van der Waals surface area contributed by atoms with E-state index < -0.39 is 0 Å². The molecule has 0 aromatic carbocycles. The third kappa shape index (κ3) is 10.0. The number of aliphatic hydroxyl groups excluding tert-OH is 1. The van der Waals surface area contributed by atoms with Crippen LogP contribution >= 0.6 is 15.9 Å². The number of alkyl halides is 1. The summed E-state index contributed by atoms with van der Waals surface area (Å²) >= 11 is 3.39. The third-order valence-corrected chi connectivity index (χ3v) is 2.58. The topological polar surface area (TPSA) is 37.3 Å². The van der Waals surface area contributed by atoms with Crippen molar-refractivity contribution in [3.63, 3.8) is 0 Å². The molecule has 3 heteroatoms. The average Bonchev–Trinajstić information content (AvgIpc) is 2.16. The maximum Gasteiger partial charge on any atom is 0.158 e. The van der Waals surface area contributed by atoms with Crippen LogP contribution in [0.1, 0.15) is 44.9 Å². The number of hydrogen-bond acceptors (Lipinski definition) is 2. The zero-order valence-electron chi connectivity index (χ0n) is 8.10. The first kappa shape index (κ1) is 13.1. The first-order chi connectivity index (χ1) is 6.31. The van der Waals surface area contributed by atoms with Crippen molar-refractivity contribution in [2.24, 2.45) is 0 Å². The largest absolute Gasteiger partial charge is 0.389 e. The van der Waals surface area contributed by atoms with Gasteiger partial charge in [-0.3, -0.25) is 4.79 Å². The Bertz CT molecular complexity index is 126. The molecule has 0 atom stereocenters. The van der Waals surface area contributed by atoms with Crippen LogP contribution in [0.3, 0.4) is 0 Å². The highest BCUT2D eigenvalue weighted by atomic mass is 79.9. The minimum atomic E-state index is -0.288. The molecule has 0 bridgehead atoms. The van der Waals surface area contributed by atoms with Gasteiger partial charge in [-0.15, -0.1) is 0 Å². The van der Waals surface area contributed by atoms with E-state index in [0.29, 0.717) is 6.42 Å². The summed E-state index contributed by atoms with van der Waals surface area (Å²) in [6.07, 6.45) is 7.61. The molecular weight excluding hydrogens is 232 g/mol. The Kier molecular flexibility index (Phi) is 10.3. The van der Waals surface area contributed by atoms with Gasteiger partial charge in [0.15, 0.2) is 5.78 Å². The van der Waals surface area contributed by atoms with Crippen molar-refractivity contribution < 1.29 is 9.90 Å². The van der Waals surface area contributed by atoms with Crippen LogP contribution in [0.5, 0.6) is 0 Å². The summed E-state index contributed by atoms with van der Waals surface area (Å²) in [5, 5.41) is 9.55. The maximum absolute atomic E-state index is 10.7. The van der Waals surface area contributed by atoms with Crippen molar-refractivity contribution in [1.29, 1.82) is 0 Å². The van der Waals surface area contributed by atoms with Gasteiger partial charge in [0.05, 0.1) is 0 Å². The van der Waals surface area contributed by atoms with E-state index in [-0.39, 0.29) is 12.4 Å². The molecule has 78 valence electrons. The van der Waals surface area contributed by atoms with Crippen molar-refractivity contribution in [1.82, 2.24) is 0 Å². The lowest BCUT2D eigenvalue weighted by atomic mass is 10.1. The Hall–Kier alpha value is 0.110. The van der Waals surface area contributed by atoms with E-state index in [1.165, 1.54) is 25.7 Å². The number of halogens is 1. The molecule has 13 heavy (non-hydrogen) atoms. The lowest BCUT2D eigenvalue weighted by Crippen LogP contribution is -2.02. The molecule has 0 amide bonds. The van der Waals surface area contributed by atoms with Crippen LogP contribution in [0.15, 0.2) is 0 Å². The van der Waals surface area contributed by atoms with E-state index in [2.05, 4.69) is 15.9 Å². The van der Waals surface area contributed by atoms with Crippen LogP contribution in [0.4, 0.5) is 0 Å². The molecule has 2 nitrogen and oxygen atoms in total. The Labute approximate surface area is 88.8 Å². The molecule has 0 radical (unpaired) electrons. The number of Topliss-reactive ketones (excluding diaryl/α,β-unsaturated/α-hetero) is 1. The molecule has 0 aromatic heterocycles. The summed E-state index contributed by atoms with van der Waals surface area (Å²) < 4.78 is 0. The normalized spacial score (nSPS) is 10.3. The van der Waals surface area contributed by atoms with Gasteiger partial charge in [-0.05, 0) is 12.8 Å². The van der Waals surface area contributed by atoms with Gasteiger partial charge in [-0.25, -0.2) is 0 Å². The number of rotatable bonds is 9. The van der Waals surface area contributed by atoms with Crippen molar-refractivity contribution in [2.45, 2.75) is 44.9 Å². The molecule has 0 aromatic rings. The summed E-state index contributed by atoms with van der Waals surface area (Å²) in [4.78, 5) is 10.7. The average molecular weight is 251 g/mol. The fourth-order valence-corrected chi connectivity index (χ4v) is 1.60. The van der Waals surface area contributed by atoms with Crippen molar-refractivity contribution >= 4 is 21.7 Å². The first-order valence-electron chi connectivity index (χ1n) is 4.99. The smallest absolute Gasteiger partial charge is 0.158 e. The fourth-order valence-electron chi connectivity index (χ4n) is 1.20. The first-order valence-corrected chi connectivity index (χ1v) is 6.12. The second-order valence-corrected chi connectivity index (χ2v) is 4.05. The van der Waals surface area contributed by atoms with Crippen LogP contribution in [0.25, 0.3) is 0 Å². The van der Waals surface area contributed by atoms with Gasteiger partial charge in [0, 0.05) is 11.8 Å². The minimum absolute atomic E-state index is 0.0274. The second-order valence-electron chi connectivity index (χ2n) is 3.26. The van der Waals surface area contributed by atoms with Crippen LogP contribution in [-0.4, -0.2) is 22.8 Å². The SMILES string of the molecule is O=C(CO)CCCCCCCCBr. The molecule has 0 heterocycles. The third-order valence-electron chi connectivity index (χ3n) is 2.02. The number of carbonyl (C=O) groups excluding carboxylic acids is 1. The number of carbonyl (C=O) groups is 1. The Morgan fingerprint density at radius 3 is 2.08 bits per heavy atom. The number of hydrogen-bond donors (Lipinski definition) is 1. The van der Waals surface area contributed by atoms with Gasteiger partial charge < -0.3 is 5.11 Å². The molecule has 0 fully saturated rings. The molecule has 0 aliphatic carbocycles. The number of unbranched alkanes of at least 4 members (excludes halogenated alkanes) is 5. The fraction of sp³-hybridized carbons (Fsp3) is 0.900. The van der Waals surface area contributed by atoms with E-state index in [1.807, 2.05) is 0 Å². The van der Waals surface area contributed by atoms with Gasteiger partial charge in [-0.1, -0.05) is 41.6 Å². The van der Waals surface area contributed by atoms with Crippen LogP contribution in [0.2, 0.25) is 0 Å². The zero-order chi connectivity index (χ0) is 9.94. The summed E-state index contributed by atoms with van der Waals surface area (Å²) in [5.74, 6) is -0.0274. The van der Waals surface area contributed by atoms with Gasteiger partial charge in [0.1, 0.15) is 6.61 Å². The van der Waals surface area contributed by atoms with Crippen LogP contribution in [-0.2, 0) is 4.79 Å². The van der Waals surface area contributed by atoms with Gasteiger partial charge in [-0.2, -0.15) is 0 Å². The quantitative estimate of drug-likeness (QED) is 0.505. The molecule has 1 N–H and O–H groups in total. The highest BCUT2D eigenvalue weighted by Crippen LogP contribution is 2.08. The summed E-state index contributed by atoms with van der Waals surface area (Å²) in [6.45, 7) is -0.288. The second kappa shape index (κ2) is 10.2.